The maximum absolute atomic E-state index is 11.3. The molecule has 2 heterocycles. The van der Waals surface area contributed by atoms with Crippen LogP contribution in [0.25, 0.3) is 0 Å². The van der Waals surface area contributed by atoms with Gasteiger partial charge in [0.2, 0.25) is 0 Å². The molecule has 0 aliphatic heterocycles. The van der Waals surface area contributed by atoms with Crippen LogP contribution >= 0.6 is 0 Å². The van der Waals surface area contributed by atoms with Crippen LogP contribution in [0.15, 0.2) is 53.7 Å². The summed E-state index contributed by atoms with van der Waals surface area (Å²) < 4.78 is 3.25. The summed E-state index contributed by atoms with van der Waals surface area (Å²) in [7, 11) is 0. The van der Waals surface area contributed by atoms with E-state index in [0.717, 1.165) is 0 Å². The highest BCUT2D eigenvalue weighted by Crippen LogP contribution is 1.89. The van der Waals surface area contributed by atoms with Gasteiger partial charge in [0.05, 0.1) is 0 Å². The Bertz CT molecular complexity index is 414. The molecule has 2 aromatic heterocycles. The highest BCUT2D eigenvalue weighted by molar-refractivity contribution is 4.97. The molecule has 0 spiro atoms. The van der Waals surface area contributed by atoms with Crippen LogP contribution in [0.4, 0.5) is 0 Å². The average Bonchev–Trinajstić information content (AvgIpc) is 2.57. The fraction of sp³-hybridized carbons (Fsp3) is 0. The van der Waals surface area contributed by atoms with Gasteiger partial charge in [0.15, 0.2) is 0 Å². The molecule has 0 saturated carbocycles. The van der Waals surface area contributed by atoms with Crippen LogP contribution in [0.5, 0.6) is 0 Å². The van der Waals surface area contributed by atoms with Crippen molar-refractivity contribution < 1.29 is 0 Å². The average molecular weight is 160 g/mol. The van der Waals surface area contributed by atoms with Gasteiger partial charge in [0.25, 0.3) is 5.56 Å². The van der Waals surface area contributed by atoms with Gasteiger partial charge < -0.3 is 0 Å². The van der Waals surface area contributed by atoms with Crippen LogP contribution < -0.4 is 5.56 Å². The summed E-state index contributed by atoms with van der Waals surface area (Å²) in [6.07, 6.45) is 5.37. The van der Waals surface area contributed by atoms with Crippen molar-refractivity contribution in [3.63, 3.8) is 0 Å². The van der Waals surface area contributed by atoms with Crippen molar-refractivity contribution in [2.45, 2.75) is 0 Å². The molecule has 0 bridgehead atoms. The first kappa shape index (κ1) is 6.91. The van der Waals surface area contributed by atoms with E-state index in [2.05, 4.69) is 0 Å². The molecule has 0 aromatic carbocycles. The zero-order valence-electron chi connectivity index (χ0n) is 6.42. The molecule has 3 nitrogen and oxygen atoms in total. The molecule has 0 aliphatic carbocycles. The summed E-state index contributed by atoms with van der Waals surface area (Å²) in [5.74, 6) is 0. The fourth-order valence-electron chi connectivity index (χ4n) is 1.08. The second-order valence-corrected chi connectivity index (χ2v) is 2.45. The second kappa shape index (κ2) is 2.70. The molecule has 2 rings (SSSR count). The Morgan fingerprint density at radius 3 is 2.25 bits per heavy atom. The smallest absolute Gasteiger partial charge is 0.267 e. The molecular weight excluding hydrogens is 152 g/mol. The van der Waals surface area contributed by atoms with E-state index < -0.39 is 0 Å². The lowest BCUT2D eigenvalue weighted by Crippen LogP contribution is -2.22. The predicted octanol–water partition coefficient (Wildman–Crippen LogP) is 0.961. The van der Waals surface area contributed by atoms with Gasteiger partial charge in [-0.3, -0.25) is 9.47 Å². The summed E-state index contributed by atoms with van der Waals surface area (Å²) in [4.78, 5) is 11.3. The number of nitrogens with zero attached hydrogens (tertiary/aromatic N) is 2. The Hall–Kier alpha value is -1.77. The molecule has 0 N–H and O–H groups in total. The Kier molecular flexibility index (Phi) is 1.55. The fourth-order valence-corrected chi connectivity index (χ4v) is 1.08. The van der Waals surface area contributed by atoms with Gasteiger partial charge in [-0.15, -0.1) is 0 Å². The number of aromatic nitrogens is 2. The molecule has 0 unspecified atom stereocenters. The minimum atomic E-state index is -0.0336. The first-order valence-electron chi connectivity index (χ1n) is 3.69. The molecule has 0 saturated heterocycles. The molecular formula is C9H8N2O. The van der Waals surface area contributed by atoms with Crippen LogP contribution in [0, 0.1) is 0 Å². The number of hydrogen-bond acceptors (Lipinski definition) is 1. The molecule has 3 heteroatoms. The zero-order chi connectivity index (χ0) is 8.39. The van der Waals surface area contributed by atoms with Gasteiger partial charge in [-0.05, 0) is 18.2 Å². The Balaban J connectivity index is 2.63. The first-order valence-corrected chi connectivity index (χ1v) is 3.69. The highest BCUT2D eigenvalue weighted by atomic mass is 16.1. The summed E-state index contributed by atoms with van der Waals surface area (Å²) in [6.45, 7) is 0. The van der Waals surface area contributed by atoms with Gasteiger partial charge in [0.1, 0.15) is 0 Å². The van der Waals surface area contributed by atoms with Crippen molar-refractivity contribution >= 4 is 0 Å². The Morgan fingerprint density at radius 2 is 1.58 bits per heavy atom. The lowest BCUT2D eigenvalue weighted by atomic mass is 10.5. The lowest BCUT2D eigenvalue weighted by Gasteiger charge is -2.04. The summed E-state index contributed by atoms with van der Waals surface area (Å²) in [5.41, 5.74) is -0.0336. The monoisotopic (exact) mass is 160 g/mol. The maximum atomic E-state index is 11.3. The molecule has 0 aliphatic rings. The molecule has 0 atom stereocenters. The van der Waals surface area contributed by atoms with Crippen molar-refractivity contribution in [2.24, 2.45) is 0 Å². The molecule has 0 amide bonds. The van der Waals surface area contributed by atoms with E-state index in [1.807, 2.05) is 30.6 Å². The van der Waals surface area contributed by atoms with Crippen LogP contribution in [0.1, 0.15) is 0 Å². The van der Waals surface area contributed by atoms with Gasteiger partial charge in [-0.25, -0.2) is 4.68 Å². The SMILES string of the molecule is O=c1ccccn1-n1cccc1. The van der Waals surface area contributed by atoms with E-state index in [4.69, 9.17) is 0 Å². The molecule has 0 fully saturated rings. The van der Waals surface area contributed by atoms with Gasteiger partial charge in [0, 0.05) is 24.7 Å². The van der Waals surface area contributed by atoms with Crippen LogP contribution in [0.3, 0.4) is 0 Å². The number of rotatable bonds is 1. The van der Waals surface area contributed by atoms with Crippen molar-refractivity contribution in [3.8, 4) is 0 Å². The third-order valence-corrected chi connectivity index (χ3v) is 1.64. The van der Waals surface area contributed by atoms with E-state index in [1.54, 1.807) is 16.9 Å². The standard InChI is InChI=1S/C9H8N2O/c12-9-5-1-2-8-11(9)10-6-3-4-7-10/h1-8H. The molecule has 2 aromatic rings. The summed E-state index contributed by atoms with van der Waals surface area (Å²) in [6, 6.07) is 8.82. The van der Waals surface area contributed by atoms with E-state index in [0.29, 0.717) is 0 Å². The summed E-state index contributed by atoms with van der Waals surface area (Å²) in [5, 5.41) is 0. The van der Waals surface area contributed by atoms with Crippen molar-refractivity contribution in [2.75, 3.05) is 0 Å². The third-order valence-electron chi connectivity index (χ3n) is 1.64. The van der Waals surface area contributed by atoms with E-state index in [-0.39, 0.29) is 5.56 Å². The van der Waals surface area contributed by atoms with Crippen molar-refractivity contribution in [1.29, 1.82) is 0 Å². The van der Waals surface area contributed by atoms with Gasteiger partial charge >= 0.3 is 0 Å². The quantitative estimate of drug-likeness (QED) is 0.610. The van der Waals surface area contributed by atoms with Crippen LogP contribution in [0.2, 0.25) is 0 Å². The normalized spacial score (nSPS) is 10.0. The minimum Gasteiger partial charge on any atom is -0.267 e. The second-order valence-electron chi connectivity index (χ2n) is 2.45. The largest absolute Gasteiger partial charge is 0.269 e. The molecule has 60 valence electrons. The van der Waals surface area contributed by atoms with Crippen LogP contribution in [-0.2, 0) is 0 Å². The Morgan fingerprint density at radius 1 is 0.917 bits per heavy atom. The molecule has 12 heavy (non-hydrogen) atoms. The first-order chi connectivity index (χ1) is 5.88. The predicted molar refractivity (Wildman–Crippen MR) is 45.9 cm³/mol. The maximum Gasteiger partial charge on any atom is 0.269 e. The van der Waals surface area contributed by atoms with E-state index >= 15 is 0 Å². The number of pyridine rings is 1. The third kappa shape index (κ3) is 1.05. The van der Waals surface area contributed by atoms with Crippen molar-refractivity contribution in [1.82, 2.24) is 9.35 Å². The Labute approximate surface area is 69.5 Å². The topological polar surface area (TPSA) is 26.9 Å². The van der Waals surface area contributed by atoms with Crippen LogP contribution in [-0.4, -0.2) is 9.35 Å². The molecule has 0 radical (unpaired) electrons. The summed E-state index contributed by atoms with van der Waals surface area (Å²) >= 11 is 0. The zero-order valence-corrected chi connectivity index (χ0v) is 6.42. The van der Waals surface area contributed by atoms with E-state index in [1.165, 1.54) is 10.7 Å². The van der Waals surface area contributed by atoms with Crippen molar-refractivity contribution in [3.05, 3.63) is 59.3 Å². The van der Waals surface area contributed by atoms with Gasteiger partial charge in [-0.2, -0.15) is 0 Å². The highest BCUT2D eigenvalue weighted by Gasteiger charge is 1.92. The van der Waals surface area contributed by atoms with E-state index in [9.17, 15) is 4.79 Å². The van der Waals surface area contributed by atoms with Gasteiger partial charge in [-0.1, -0.05) is 6.07 Å². The number of hydrogen-bond donors (Lipinski definition) is 0. The minimum absolute atomic E-state index is 0.0336. The lowest BCUT2D eigenvalue weighted by molar-refractivity contribution is 0.634.